The predicted octanol–water partition coefficient (Wildman–Crippen LogP) is 3.44. The number of rotatable bonds is 5. The van der Waals surface area contributed by atoms with Gasteiger partial charge in [-0.2, -0.15) is 0 Å². The minimum Gasteiger partial charge on any atom is -0.494 e. The summed E-state index contributed by atoms with van der Waals surface area (Å²) in [4.78, 5) is 2.36. The first-order valence-electron chi connectivity index (χ1n) is 7.92. The lowest BCUT2D eigenvalue weighted by atomic mass is 9.86. The first kappa shape index (κ1) is 16.1. The van der Waals surface area contributed by atoms with Crippen LogP contribution in [0.5, 0.6) is 5.75 Å². The van der Waals surface area contributed by atoms with Gasteiger partial charge in [-0.25, -0.2) is 4.39 Å². The fourth-order valence-electron chi connectivity index (χ4n) is 3.17. The third-order valence-electron chi connectivity index (χ3n) is 4.69. The van der Waals surface area contributed by atoms with Gasteiger partial charge < -0.3 is 15.0 Å². The molecule has 118 valence electrons. The van der Waals surface area contributed by atoms with E-state index in [0.29, 0.717) is 23.8 Å². The van der Waals surface area contributed by atoms with E-state index in [4.69, 9.17) is 4.74 Å². The quantitative estimate of drug-likeness (QED) is 0.900. The van der Waals surface area contributed by atoms with Gasteiger partial charge >= 0.3 is 0 Å². The maximum atomic E-state index is 13.6. The maximum absolute atomic E-state index is 13.6. The molecule has 1 aliphatic rings. The number of benzene rings is 1. The normalized spacial score (nSPS) is 26.0. The Labute approximate surface area is 127 Å². The van der Waals surface area contributed by atoms with Gasteiger partial charge in [-0.1, -0.05) is 13.8 Å². The number of halogens is 1. The Bertz CT molecular complexity index is 466. The molecule has 1 fully saturated rings. The SMILES string of the molecule is CCCNC1CCN(c2ccc(F)c(OC)c2)C(C)C1C. The third kappa shape index (κ3) is 3.49. The Morgan fingerprint density at radius 2 is 2.14 bits per heavy atom. The Balaban J connectivity index is 2.12. The molecule has 0 spiro atoms. The second-order valence-electron chi connectivity index (χ2n) is 5.96. The first-order valence-corrected chi connectivity index (χ1v) is 7.92. The van der Waals surface area contributed by atoms with Crippen molar-refractivity contribution in [1.82, 2.24) is 5.32 Å². The summed E-state index contributed by atoms with van der Waals surface area (Å²) in [6.45, 7) is 8.81. The predicted molar refractivity (Wildman–Crippen MR) is 85.6 cm³/mol. The van der Waals surface area contributed by atoms with Crippen LogP contribution < -0.4 is 15.0 Å². The highest BCUT2D eigenvalue weighted by Crippen LogP contribution is 2.31. The molecule has 3 nitrogen and oxygen atoms in total. The zero-order valence-corrected chi connectivity index (χ0v) is 13.5. The highest BCUT2D eigenvalue weighted by molar-refractivity contribution is 5.52. The summed E-state index contributed by atoms with van der Waals surface area (Å²) in [6, 6.07) is 6.13. The van der Waals surface area contributed by atoms with Gasteiger partial charge in [0.1, 0.15) is 0 Å². The molecular formula is C17H27FN2O. The monoisotopic (exact) mass is 294 g/mol. The van der Waals surface area contributed by atoms with E-state index in [9.17, 15) is 4.39 Å². The summed E-state index contributed by atoms with van der Waals surface area (Å²) < 4.78 is 18.7. The number of nitrogens with zero attached hydrogens (tertiary/aromatic N) is 1. The fraction of sp³-hybridized carbons (Fsp3) is 0.647. The second kappa shape index (κ2) is 7.12. The van der Waals surface area contributed by atoms with E-state index in [2.05, 4.69) is 31.0 Å². The summed E-state index contributed by atoms with van der Waals surface area (Å²) in [5, 5.41) is 3.64. The van der Waals surface area contributed by atoms with Gasteiger partial charge in [-0.3, -0.25) is 0 Å². The molecule has 3 unspecified atom stereocenters. The van der Waals surface area contributed by atoms with Crippen molar-refractivity contribution in [2.75, 3.05) is 25.1 Å². The van der Waals surface area contributed by atoms with Crippen molar-refractivity contribution in [2.45, 2.75) is 45.7 Å². The van der Waals surface area contributed by atoms with Crippen LogP contribution in [0.2, 0.25) is 0 Å². The summed E-state index contributed by atoms with van der Waals surface area (Å²) in [7, 11) is 1.51. The summed E-state index contributed by atoms with van der Waals surface area (Å²) in [5.41, 5.74) is 1.04. The second-order valence-corrected chi connectivity index (χ2v) is 5.96. The van der Waals surface area contributed by atoms with Crippen molar-refractivity contribution < 1.29 is 9.13 Å². The minimum atomic E-state index is -0.304. The van der Waals surface area contributed by atoms with E-state index in [-0.39, 0.29) is 5.82 Å². The van der Waals surface area contributed by atoms with Crippen LogP contribution in [0.3, 0.4) is 0 Å². The molecule has 1 heterocycles. The van der Waals surface area contributed by atoms with Gasteiger partial charge in [0.2, 0.25) is 0 Å². The average molecular weight is 294 g/mol. The highest BCUT2D eigenvalue weighted by Gasteiger charge is 2.32. The molecule has 0 bridgehead atoms. The van der Waals surface area contributed by atoms with Crippen LogP contribution >= 0.6 is 0 Å². The lowest BCUT2D eigenvalue weighted by Crippen LogP contribution is -2.53. The molecule has 0 aromatic heterocycles. The zero-order valence-electron chi connectivity index (χ0n) is 13.5. The average Bonchev–Trinajstić information content (AvgIpc) is 2.49. The van der Waals surface area contributed by atoms with Gasteiger partial charge in [-0.15, -0.1) is 0 Å². The number of hydrogen-bond donors (Lipinski definition) is 1. The Hall–Kier alpha value is -1.29. The van der Waals surface area contributed by atoms with E-state index in [1.807, 2.05) is 6.07 Å². The molecular weight excluding hydrogens is 267 g/mol. The number of nitrogens with one attached hydrogen (secondary N) is 1. The Morgan fingerprint density at radius 1 is 1.38 bits per heavy atom. The molecule has 1 N–H and O–H groups in total. The molecule has 4 heteroatoms. The van der Waals surface area contributed by atoms with E-state index in [0.717, 1.165) is 31.6 Å². The van der Waals surface area contributed by atoms with Crippen molar-refractivity contribution >= 4 is 5.69 Å². The van der Waals surface area contributed by atoms with Crippen LogP contribution in [0.25, 0.3) is 0 Å². The largest absolute Gasteiger partial charge is 0.494 e. The molecule has 2 rings (SSSR count). The van der Waals surface area contributed by atoms with Crippen LogP contribution in [-0.2, 0) is 0 Å². The van der Waals surface area contributed by atoms with Crippen LogP contribution in [0.4, 0.5) is 10.1 Å². The van der Waals surface area contributed by atoms with Crippen LogP contribution in [0.15, 0.2) is 18.2 Å². The van der Waals surface area contributed by atoms with Crippen LogP contribution in [0.1, 0.15) is 33.6 Å². The molecule has 1 saturated heterocycles. The molecule has 0 saturated carbocycles. The standard InChI is InChI=1S/C17H27FN2O/c1-5-9-19-16-8-10-20(13(3)12(16)2)14-6-7-15(18)17(11-14)21-4/h6-7,11-13,16,19H,5,8-10H2,1-4H3. The van der Waals surface area contributed by atoms with E-state index in [1.54, 1.807) is 6.07 Å². The molecule has 0 amide bonds. The molecule has 1 aromatic rings. The Morgan fingerprint density at radius 3 is 2.81 bits per heavy atom. The van der Waals surface area contributed by atoms with Gasteiger partial charge in [0.25, 0.3) is 0 Å². The zero-order chi connectivity index (χ0) is 15.4. The third-order valence-corrected chi connectivity index (χ3v) is 4.69. The maximum Gasteiger partial charge on any atom is 0.165 e. The van der Waals surface area contributed by atoms with Crippen LogP contribution in [-0.4, -0.2) is 32.3 Å². The van der Waals surface area contributed by atoms with Crippen molar-refractivity contribution in [2.24, 2.45) is 5.92 Å². The number of anilines is 1. The molecule has 3 atom stereocenters. The van der Waals surface area contributed by atoms with Gasteiger partial charge in [-0.05, 0) is 44.4 Å². The Kier molecular flexibility index (Phi) is 5.45. The van der Waals surface area contributed by atoms with Gasteiger partial charge in [0, 0.05) is 30.4 Å². The van der Waals surface area contributed by atoms with Crippen molar-refractivity contribution in [3.63, 3.8) is 0 Å². The van der Waals surface area contributed by atoms with E-state index < -0.39 is 0 Å². The van der Waals surface area contributed by atoms with Crippen molar-refractivity contribution in [3.8, 4) is 5.75 Å². The van der Waals surface area contributed by atoms with E-state index in [1.165, 1.54) is 13.2 Å². The molecule has 1 aromatic carbocycles. The summed E-state index contributed by atoms with van der Waals surface area (Å²) in [5.74, 6) is 0.571. The molecule has 21 heavy (non-hydrogen) atoms. The molecule has 0 aliphatic carbocycles. The lowest BCUT2D eigenvalue weighted by molar-refractivity contribution is 0.271. The smallest absolute Gasteiger partial charge is 0.165 e. The number of piperidine rings is 1. The van der Waals surface area contributed by atoms with Crippen LogP contribution in [0, 0.1) is 11.7 Å². The van der Waals surface area contributed by atoms with E-state index >= 15 is 0 Å². The van der Waals surface area contributed by atoms with Gasteiger partial charge in [0.15, 0.2) is 11.6 Å². The summed E-state index contributed by atoms with van der Waals surface area (Å²) >= 11 is 0. The number of hydrogen-bond acceptors (Lipinski definition) is 3. The first-order chi connectivity index (χ1) is 10.1. The number of methoxy groups -OCH3 is 1. The number of ether oxygens (including phenoxy) is 1. The topological polar surface area (TPSA) is 24.5 Å². The highest BCUT2D eigenvalue weighted by atomic mass is 19.1. The summed E-state index contributed by atoms with van der Waals surface area (Å²) in [6.07, 6.45) is 2.28. The van der Waals surface area contributed by atoms with Gasteiger partial charge in [0.05, 0.1) is 7.11 Å². The minimum absolute atomic E-state index is 0.304. The van der Waals surface area contributed by atoms with Crippen molar-refractivity contribution in [1.29, 1.82) is 0 Å². The molecule has 1 aliphatic heterocycles. The van der Waals surface area contributed by atoms with Crippen molar-refractivity contribution in [3.05, 3.63) is 24.0 Å². The lowest BCUT2D eigenvalue weighted by Gasteiger charge is -2.44. The fourth-order valence-corrected chi connectivity index (χ4v) is 3.17. The molecule has 0 radical (unpaired) electrons.